The van der Waals surface area contributed by atoms with Crippen LogP contribution in [0.15, 0.2) is 135 Å². The molecule has 0 spiro atoms. The number of carbonyl (C=O) groups excluding carboxylic acids is 12. The van der Waals surface area contributed by atoms with E-state index in [-0.39, 0.29) is 602 Å². The molecule has 0 atom stereocenters. The van der Waals surface area contributed by atoms with Crippen molar-refractivity contribution in [3.05, 3.63) is 171 Å². The van der Waals surface area contributed by atoms with E-state index >= 15 is 0 Å². The maximum Gasteiger partial charge on any atom is 1.00 e. The minimum atomic E-state index is -1.45. The first kappa shape index (κ1) is 128. The number of anilines is 4. The molecular formula is C65H38K9N33O17S4. The number of carboxylic acids is 4. The number of nitrogens with two attached hydrogens (primary N) is 4. The zero-order valence-corrected chi connectivity index (χ0v) is 100. The maximum atomic E-state index is 12.8. The van der Waals surface area contributed by atoms with Crippen LogP contribution in [0.2, 0.25) is 0 Å². The van der Waals surface area contributed by atoms with Crippen molar-refractivity contribution in [2.45, 2.75) is 36.4 Å². The van der Waals surface area contributed by atoms with Gasteiger partial charge in [0.1, 0.15) is 34.6 Å². The number of carboxylic acid groups (broad SMARTS) is 4. The zero-order chi connectivity index (χ0) is 86.7. The summed E-state index contributed by atoms with van der Waals surface area (Å²) in [5.41, 5.74) is 27.9. The number of aromatic carboxylic acids is 4. The number of aryl methyl sites for hydroxylation is 4. The number of azo groups is 4. The van der Waals surface area contributed by atoms with Gasteiger partial charge in [0.25, 0.3) is 27.8 Å². The number of thioether (sulfide) groups is 2. The Hall–Kier alpha value is -2.52. The van der Waals surface area contributed by atoms with E-state index in [1.54, 1.807) is 26.0 Å². The number of nitriles is 1. The fourth-order valence-corrected chi connectivity index (χ4v) is 12.7. The van der Waals surface area contributed by atoms with Crippen molar-refractivity contribution in [3.63, 3.8) is 0 Å². The van der Waals surface area contributed by atoms with Crippen molar-refractivity contribution in [2.75, 3.05) is 34.4 Å². The van der Waals surface area contributed by atoms with Gasteiger partial charge in [-0.15, -0.1) is 108 Å². The number of nitrogen functional groups attached to an aromatic ring is 4. The van der Waals surface area contributed by atoms with Gasteiger partial charge in [-0.3, -0.25) is 18.7 Å². The van der Waals surface area contributed by atoms with Crippen molar-refractivity contribution < 1.29 is 546 Å². The SMILES string of the molecule is Cc1nn(-c2c[c-]cc(C(=O)[O-])c2)c(N)c1N=Nc1nnc(SCCSc2nnc(N=Nc3c(C)nn(-c4c[c-]cc(C(=O)[O-])c4)c3N)s2)s1.O=C=O.O=C=O.O=C=O.O=C=O.[C-]#[N+]c1cnn(-c2c[c-]cc(C(=O)[O-])c2)c1N=Nc1c(C)nn(-c2nc([O-])nc(-n3nc(C)c(N=Nc4c(C#N)cnn4-c4c[c-]cc(C(=O)[O-])c4)c3N)n2)c1N.[K+].[K+].[K+].[K+].[K+].[K+].[K+].[K+].[K+]. The first-order chi connectivity index (χ1) is 57.1. The van der Waals surface area contributed by atoms with Crippen LogP contribution in [0.3, 0.4) is 0 Å². The molecule has 13 aromatic rings. The molecule has 128 heavy (non-hydrogen) atoms. The summed E-state index contributed by atoms with van der Waals surface area (Å²) in [6.07, 6.45) is 3.42. The largest absolute Gasteiger partial charge is 1.00 e. The summed E-state index contributed by atoms with van der Waals surface area (Å²) in [5.74, 6) is -5.07. The van der Waals surface area contributed by atoms with Crippen LogP contribution in [0.1, 0.15) is 69.8 Å². The molecule has 0 radical (unpaired) electrons. The molecule has 0 aliphatic rings. The maximum absolute atomic E-state index is 12.8. The second-order valence-electron chi connectivity index (χ2n) is 21.5. The standard InChI is InChI=1S/C33H21N19O5.C28H22N14O4S4.4CO2.9K/c1-15-23(43-45-27-19(12-34)13-38-49(27)20-8-4-6-17(10-20)29(53)54)25(35)51(47-15)31-40-32(42-33(57)41-31)52-26(36)24(16(2)48-52)44-46-28-22(37-3)14-39-50(28)21-9-5-7-18(11-21)30(55)56;1-13-19(21(29)41(39-13)17-7-3-5-15(11-17)23(43)44)31-33-25-35-37-27(49-25)47-9-10-48-28-38-36-26(50-28)34-32-20-14(2)40-42(22(20)30)18-8-4-6-16(12-18)24(45)46;4*2-1-3;;;;;;;;;/h6-11,13-14H,35-36H2,1-2H3,(H,53,54)(H,55,56)(H,40,41,42,57);5-8,11-12H,9-10,29-30H2,1-2H3,(H,43,44)(H,45,46);;;;;;;;;;;;;/q2*-2;;;;;9*+1/p-5. The van der Waals surface area contributed by atoms with Crippen LogP contribution in [0.5, 0.6) is 6.01 Å². The Morgan fingerprint density at radius 2 is 0.727 bits per heavy atom. The van der Waals surface area contributed by atoms with Crippen molar-refractivity contribution in [3.8, 4) is 46.7 Å². The molecule has 50 nitrogen and oxygen atoms in total. The fourth-order valence-electron chi connectivity index (χ4n) is 9.31. The molecule has 63 heteroatoms. The second kappa shape index (κ2) is 64.5. The molecule has 8 N–H and O–H groups in total. The Balaban J connectivity index is 0. The molecule has 9 aromatic heterocycles. The summed E-state index contributed by atoms with van der Waals surface area (Å²) in [6, 6.07) is 27.9. The van der Waals surface area contributed by atoms with Gasteiger partial charge < -0.3 is 67.6 Å². The summed E-state index contributed by atoms with van der Waals surface area (Å²) in [5, 5.41) is 144. The number of hydrogen-bond donors (Lipinski definition) is 4. The number of benzene rings is 4. The molecule has 0 amide bonds. The molecule has 598 valence electrons. The van der Waals surface area contributed by atoms with E-state index < -0.39 is 29.9 Å². The predicted octanol–water partition coefficient (Wildman–Crippen LogP) is -24.7. The molecule has 0 saturated heterocycles. The molecular weight excluding hydrogens is 2000 g/mol. The molecule has 0 fully saturated rings. The van der Waals surface area contributed by atoms with Crippen LogP contribution in [-0.2, 0) is 38.4 Å². The monoisotopic (exact) mass is 2030 g/mol. The van der Waals surface area contributed by atoms with Gasteiger partial charge in [-0.25, -0.2) is 14.8 Å². The Bertz CT molecular complexity index is 6020. The van der Waals surface area contributed by atoms with E-state index in [0.717, 1.165) is 9.36 Å². The van der Waals surface area contributed by atoms with Crippen LogP contribution in [0, 0.1) is 69.9 Å². The van der Waals surface area contributed by atoms with Crippen molar-refractivity contribution in [1.82, 2.24) is 94.0 Å². The van der Waals surface area contributed by atoms with Gasteiger partial charge in [0.05, 0.1) is 47.8 Å². The van der Waals surface area contributed by atoms with E-state index in [1.807, 2.05) is 6.07 Å². The number of aromatic nitrogens is 19. The van der Waals surface area contributed by atoms with E-state index in [2.05, 4.69) is 136 Å². The Kier molecular flexibility index (Phi) is 64.3. The minimum Gasteiger partial charge on any atom is -0.844 e. The van der Waals surface area contributed by atoms with Crippen LogP contribution in [-0.4, -0.2) is 154 Å². The molecule has 4 aromatic carbocycles. The van der Waals surface area contributed by atoms with Gasteiger partial charge in [0, 0.05) is 35.4 Å². The molecule has 0 saturated carbocycles. The summed E-state index contributed by atoms with van der Waals surface area (Å²) in [7, 11) is 0. The first-order valence-corrected chi connectivity index (χ1v) is 35.0. The van der Waals surface area contributed by atoms with E-state index in [4.69, 9.17) is 67.9 Å². The number of nitrogens with zero attached hydrogens (tertiary/aromatic N) is 29. The summed E-state index contributed by atoms with van der Waals surface area (Å²) >= 11 is 5.50. The number of hydrogen-bond acceptors (Lipinski definition) is 47. The van der Waals surface area contributed by atoms with E-state index in [1.165, 1.54) is 152 Å². The molecule has 0 aliphatic heterocycles. The number of rotatable bonds is 23. The summed E-state index contributed by atoms with van der Waals surface area (Å²) in [6.45, 7) is 14.0. The quantitative estimate of drug-likeness (QED) is 0.0152. The van der Waals surface area contributed by atoms with Gasteiger partial charge in [-0.05, 0) is 50.4 Å². The first-order valence-electron chi connectivity index (χ1n) is 31.4. The Morgan fingerprint density at radius 1 is 0.438 bits per heavy atom. The van der Waals surface area contributed by atoms with Crippen molar-refractivity contribution in [1.29, 1.82) is 5.26 Å². The molecule has 0 aliphatic carbocycles. The molecule has 0 unspecified atom stereocenters. The normalized spacial score (nSPS) is 9.83. The molecule has 9 heterocycles. The third-order valence-electron chi connectivity index (χ3n) is 14.2. The third-order valence-corrected chi connectivity index (χ3v) is 18.4. The average molecular weight is 2030 g/mol. The van der Waals surface area contributed by atoms with Gasteiger partial charge in [-0.1, -0.05) is 46.2 Å². The number of carbonyl (C=O) groups is 4. The summed E-state index contributed by atoms with van der Waals surface area (Å²) in [4.78, 5) is 126. The van der Waals surface area contributed by atoms with Crippen LogP contribution >= 0.6 is 46.2 Å². The predicted molar refractivity (Wildman–Crippen MR) is 386 cm³/mol. The zero-order valence-electron chi connectivity index (χ0n) is 68.8. The summed E-state index contributed by atoms with van der Waals surface area (Å²) < 4.78 is 8.42. The minimum absolute atomic E-state index is 0. The topological polar surface area (TPSA) is 748 Å². The van der Waals surface area contributed by atoms with Crippen LogP contribution in [0.4, 0.5) is 73.6 Å². The van der Waals surface area contributed by atoms with Gasteiger partial charge in [0.15, 0.2) is 43.3 Å². The molecule has 13 rings (SSSR count). The van der Waals surface area contributed by atoms with Crippen molar-refractivity contribution >= 4 is 168 Å². The Morgan fingerprint density at radius 3 is 1.05 bits per heavy atom. The smallest absolute Gasteiger partial charge is 0.844 e. The van der Waals surface area contributed by atoms with Crippen LogP contribution < -0.4 is 511 Å². The fraction of sp³-hybridized carbons (Fsp3) is 0.0923. The van der Waals surface area contributed by atoms with E-state index in [9.17, 15) is 50.0 Å². The molecule has 0 bridgehead atoms. The van der Waals surface area contributed by atoms with Crippen molar-refractivity contribution in [2.24, 2.45) is 40.9 Å². The third kappa shape index (κ3) is 35.5. The van der Waals surface area contributed by atoms with E-state index in [0.29, 0.717) is 64.6 Å². The van der Waals surface area contributed by atoms with Crippen LogP contribution in [0.25, 0.3) is 39.5 Å². The Labute approximate surface area is 1120 Å². The average Bonchev–Trinajstić information content (AvgIpc) is 1.61. The van der Waals surface area contributed by atoms with Gasteiger partial charge in [-0.2, -0.15) is 161 Å². The second-order valence-corrected chi connectivity index (χ2v) is 26.1. The van der Waals surface area contributed by atoms with Gasteiger partial charge in [0.2, 0.25) is 0 Å². The van der Waals surface area contributed by atoms with Gasteiger partial charge >= 0.3 is 487 Å².